The number of nitrogens with one attached hydrogen (secondary N) is 1. The highest BCUT2D eigenvalue weighted by atomic mass is 19.2. The van der Waals surface area contributed by atoms with Gasteiger partial charge in [0.25, 0.3) is 0 Å². The Hall–Kier alpha value is -3.03. The molecule has 8 heteroatoms. The van der Waals surface area contributed by atoms with Crippen LogP contribution in [-0.4, -0.2) is 43.9 Å². The van der Waals surface area contributed by atoms with E-state index in [2.05, 4.69) is 5.32 Å². The number of anilines is 2. The van der Waals surface area contributed by atoms with Crippen molar-refractivity contribution in [3.8, 4) is 11.5 Å². The molecule has 1 fully saturated rings. The van der Waals surface area contributed by atoms with E-state index in [1.165, 1.54) is 6.07 Å². The molecule has 0 saturated carbocycles. The highest BCUT2D eigenvalue weighted by Crippen LogP contribution is 2.34. The fourth-order valence-corrected chi connectivity index (χ4v) is 3.03. The van der Waals surface area contributed by atoms with Crippen LogP contribution in [0.5, 0.6) is 11.5 Å². The minimum atomic E-state index is -0.870. The minimum Gasteiger partial charge on any atom is -0.454 e. The third-order valence-electron chi connectivity index (χ3n) is 4.46. The molecule has 2 amide bonds. The van der Waals surface area contributed by atoms with E-state index in [9.17, 15) is 13.6 Å². The SMILES string of the molecule is O=C(Nc1ccc2c(c1)OCO2)N1CCN(c2ccc(F)c(F)c2)CC1. The monoisotopic (exact) mass is 361 g/mol. The van der Waals surface area contributed by atoms with Gasteiger partial charge in [-0.05, 0) is 24.3 Å². The second-order valence-electron chi connectivity index (χ2n) is 6.07. The number of benzene rings is 2. The highest BCUT2D eigenvalue weighted by molar-refractivity contribution is 5.90. The van der Waals surface area contributed by atoms with E-state index in [0.717, 1.165) is 6.07 Å². The molecule has 2 heterocycles. The molecule has 0 atom stereocenters. The molecule has 0 radical (unpaired) electrons. The zero-order valence-electron chi connectivity index (χ0n) is 13.9. The number of carbonyl (C=O) groups excluding carboxylic acids is 1. The first kappa shape index (κ1) is 16.4. The van der Waals surface area contributed by atoms with Gasteiger partial charge in [0.2, 0.25) is 6.79 Å². The summed E-state index contributed by atoms with van der Waals surface area (Å²) in [6.07, 6.45) is 0. The normalized spacial score (nSPS) is 15.9. The number of rotatable bonds is 2. The summed E-state index contributed by atoms with van der Waals surface area (Å²) in [6, 6.07) is 8.84. The molecule has 6 nitrogen and oxygen atoms in total. The molecule has 0 unspecified atom stereocenters. The van der Waals surface area contributed by atoms with E-state index in [0.29, 0.717) is 49.1 Å². The molecule has 2 aromatic carbocycles. The number of urea groups is 1. The van der Waals surface area contributed by atoms with Crippen LogP contribution >= 0.6 is 0 Å². The number of piperazine rings is 1. The number of hydrogen-bond donors (Lipinski definition) is 1. The Kier molecular flexibility index (Phi) is 4.24. The number of carbonyl (C=O) groups is 1. The van der Waals surface area contributed by atoms with Crippen LogP contribution in [0.25, 0.3) is 0 Å². The Labute approximate surface area is 148 Å². The van der Waals surface area contributed by atoms with Crippen LogP contribution in [0.4, 0.5) is 25.0 Å². The van der Waals surface area contributed by atoms with Gasteiger partial charge < -0.3 is 24.6 Å². The second kappa shape index (κ2) is 6.70. The van der Waals surface area contributed by atoms with Crippen LogP contribution in [0.3, 0.4) is 0 Å². The number of amides is 2. The predicted molar refractivity (Wildman–Crippen MR) is 91.7 cm³/mol. The van der Waals surface area contributed by atoms with E-state index in [1.807, 2.05) is 4.90 Å². The van der Waals surface area contributed by atoms with Gasteiger partial charge in [0.1, 0.15) is 0 Å². The van der Waals surface area contributed by atoms with Crippen LogP contribution in [0.15, 0.2) is 36.4 Å². The maximum Gasteiger partial charge on any atom is 0.321 e. The van der Waals surface area contributed by atoms with Crippen molar-refractivity contribution >= 4 is 17.4 Å². The van der Waals surface area contributed by atoms with Crippen LogP contribution in [0.2, 0.25) is 0 Å². The van der Waals surface area contributed by atoms with Crippen molar-refractivity contribution in [2.75, 3.05) is 43.2 Å². The molecular weight excluding hydrogens is 344 g/mol. The third kappa shape index (κ3) is 3.22. The number of halogens is 2. The summed E-state index contributed by atoms with van der Waals surface area (Å²) in [7, 11) is 0. The molecule has 2 aromatic rings. The summed E-state index contributed by atoms with van der Waals surface area (Å²) in [5, 5.41) is 2.84. The van der Waals surface area contributed by atoms with E-state index < -0.39 is 11.6 Å². The molecule has 26 heavy (non-hydrogen) atoms. The molecule has 1 N–H and O–H groups in total. The molecule has 0 aliphatic carbocycles. The lowest BCUT2D eigenvalue weighted by Gasteiger charge is -2.36. The van der Waals surface area contributed by atoms with Crippen LogP contribution in [0.1, 0.15) is 0 Å². The maximum atomic E-state index is 13.4. The zero-order chi connectivity index (χ0) is 18.1. The highest BCUT2D eigenvalue weighted by Gasteiger charge is 2.22. The first-order valence-corrected chi connectivity index (χ1v) is 8.26. The van der Waals surface area contributed by atoms with E-state index in [4.69, 9.17) is 9.47 Å². The Bertz CT molecular complexity index is 838. The lowest BCUT2D eigenvalue weighted by Crippen LogP contribution is -2.50. The summed E-state index contributed by atoms with van der Waals surface area (Å²) in [6.45, 7) is 2.22. The standard InChI is InChI=1S/C18H17F2N3O3/c19-14-3-2-13(10-15(14)20)22-5-7-23(8-6-22)18(24)21-12-1-4-16-17(9-12)26-11-25-16/h1-4,9-10H,5-8,11H2,(H,21,24). The molecular formula is C18H17F2N3O3. The van der Waals surface area contributed by atoms with Crippen molar-refractivity contribution in [1.82, 2.24) is 4.90 Å². The van der Waals surface area contributed by atoms with E-state index in [1.54, 1.807) is 29.2 Å². The smallest absolute Gasteiger partial charge is 0.321 e. The fraction of sp³-hybridized carbons (Fsp3) is 0.278. The van der Waals surface area contributed by atoms with Crippen LogP contribution < -0.4 is 19.7 Å². The van der Waals surface area contributed by atoms with Gasteiger partial charge >= 0.3 is 6.03 Å². The third-order valence-corrected chi connectivity index (χ3v) is 4.46. The summed E-state index contributed by atoms with van der Waals surface area (Å²) in [5.41, 5.74) is 1.24. The largest absolute Gasteiger partial charge is 0.454 e. The minimum absolute atomic E-state index is 0.179. The Balaban J connectivity index is 1.35. The van der Waals surface area contributed by atoms with E-state index in [-0.39, 0.29) is 12.8 Å². The van der Waals surface area contributed by atoms with Crippen molar-refractivity contribution in [2.24, 2.45) is 0 Å². The first-order chi connectivity index (χ1) is 12.6. The molecule has 1 saturated heterocycles. The maximum absolute atomic E-state index is 13.4. The van der Waals surface area contributed by atoms with Crippen LogP contribution in [0, 0.1) is 11.6 Å². The number of hydrogen-bond acceptors (Lipinski definition) is 4. The Morgan fingerprint density at radius 1 is 0.923 bits per heavy atom. The fourth-order valence-electron chi connectivity index (χ4n) is 3.03. The molecule has 0 bridgehead atoms. The summed E-state index contributed by atoms with van der Waals surface area (Å²) in [4.78, 5) is 16.0. The van der Waals surface area contributed by atoms with Gasteiger partial charge in [0, 0.05) is 49.7 Å². The lowest BCUT2D eigenvalue weighted by atomic mass is 10.2. The number of ether oxygens (including phenoxy) is 2. The topological polar surface area (TPSA) is 54.0 Å². The van der Waals surface area contributed by atoms with Crippen molar-refractivity contribution in [3.63, 3.8) is 0 Å². The molecule has 0 spiro atoms. The summed E-state index contributed by atoms with van der Waals surface area (Å²) < 4.78 is 37.0. The van der Waals surface area contributed by atoms with E-state index >= 15 is 0 Å². The molecule has 2 aliphatic heterocycles. The first-order valence-electron chi connectivity index (χ1n) is 8.26. The second-order valence-corrected chi connectivity index (χ2v) is 6.07. The molecule has 2 aliphatic rings. The molecule has 136 valence electrons. The molecule has 4 rings (SSSR count). The van der Waals surface area contributed by atoms with Crippen molar-refractivity contribution in [1.29, 1.82) is 0 Å². The zero-order valence-corrected chi connectivity index (χ0v) is 13.9. The Morgan fingerprint density at radius 2 is 1.69 bits per heavy atom. The quantitative estimate of drug-likeness (QED) is 0.893. The number of nitrogens with zero attached hydrogens (tertiary/aromatic N) is 2. The van der Waals surface area contributed by atoms with Gasteiger partial charge in [-0.3, -0.25) is 0 Å². The van der Waals surface area contributed by atoms with Gasteiger partial charge in [-0.25, -0.2) is 13.6 Å². The number of fused-ring (bicyclic) bond motifs is 1. The van der Waals surface area contributed by atoms with Crippen molar-refractivity contribution in [2.45, 2.75) is 0 Å². The van der Waals surface area contributed by atoms with Gasteiger partial charge in [0.05, 0.1) is 0 Å². The summed E-state index contributed by atoms with van der Waals surface area (Å²) >= 11 is 0. The average molecular weight is 361 g/mol. The average Bonchev–Trinajstić information content (AvgIpc) is 3.12. The van der Waals surface area contributed by atoms with Gasteiger partial charge in [-0.2, -0.15) is 0 Å². The summed E-state index contributed by atoms with van der Waals surface area (Å²) in [5.74, 6) is -0.477. The van der Waals surface area contributed by atoms with Gasteiger partial charge in [-0.1, -0.05) is 0 Å². The Morgan fingerprint density at radius 3 is 2.46 bits per heavy atom. The van der Waals surface area contributed by atoms with Gasteiger partial charge in [0.15, 0.2) is 23.1 Å². The lowest BCUT2D eigenvalue weighted by molar-refractivity contribution is 0.174. The van der Waals surface area contributed by atoms with Crippen molar-refractivity contribution in [3.05, 3.63) is 48.0 Å². The predicted octanol–water partition coefficient (Wildman–Crippen LogP) is 3.05. The van der Waals surface area contributed by atoms with Crippen molar-refractivity contribution < 1.29 is 23.0 Å². The van der Waals surface area contributed by atoms with Crippen LogP contribution in [-0.2, 0) is 0 Å². The molecule has 0 aromatic heterocycles. The van der Waals surface area contributed by atoms with Gasteiger partial charge in [-0.15, -0.1) is 0 Å².